The van der Waals surface area contributed by atoms with Gasteiger partial charge in [0.25, 0.3) is 5.91 Å². The number of carbonyl (C=O) groups is 1. The molecule has 2 aromatic heterocycles. The molecule has 1 aliphatic rings. The summed E-state index contributed by atoms with van der Waals surface area (Å²) >= 11 is 0. The molecule has 1 amide bonds. The van der Waals surface area contributed by atoms with Crippen molar-refractivity contribution in [3.8, 4) is 17.2 Å². The molecule has 4 rings (SSSR count). The second-order valence-electron chi connectivity index (χ2n) is 7.17. The Hall–Kier alpha value is -3.22. The summed E-state index contributed by atoms with van der Waals surface area (Å²) in [6.45, 7) is 1.38. The maximum absolute atomic E-state index is 13.2. The Morgan fingerprint density at radius 3 is 2.55 bits per heavy atom. The van der Waals surface area contributed by atoms with E-state index in [0.29, 0.717) is 29.4 Å². The Labute approximate surface area is 169 Å². The van der Waals surface area contributed by atoms with E-state index < -0.39 is 0 Å². The fourth-order valence-electron chi connectivity index (χ4n) is 4.00. The van der Waals surface area contributed by atoms with Gasteiger partial charge in [-0.05, 0) is 43.2 Å². The molecule has 152 valence electrons. The predicted octanol–water partition coefficient (Wildman–Crippen LogP) is 3.61. The van der Waals surface area contributed by atoms with Crippen molar-refractivity contribution in [3.05, 3.63) is 47.8 Å². The first kappa shape index (κ1) is 19.1. The third kappa shape index (κ3) is 3.60. The monoisotopic (exact) mass is 395 g/mol. The zero-order chi connectivity index (χ0) is 20.4. The highest BCUT2D eigenvalue weighted by Gasteiger charge is 2.28. The van der Waals surface area contributed by atoms with E-state index in [9.17, 15) is 4.79 Å². The van der Waals surface area contributed by atoms with Crippen LogP contribution in [0.15, 0.2) is 36.5 Å². The van der Waals surface area contributed by atoms with Crippen LogP contribution >= 0.6 is 0 Å². The molecule has 1 atom stereocenters. The molecule has 1 fully saturated rings. The first-order valence-corrected chi connectivity index (χ1v) is 9.67. The van der Waals surface area contributed by atoms with E-state index in [0.717, 1.165) is 36.1 Å². The predicted molar refractivity (Wildman–Crippen MR) is 110 cm³/mol. The van der Waals surface area contributed by atoms with Crippen LogP contribution < -0.4 is 14.2 Å². The molecule has 3 aromatic rings. The molecule has 0 aliphatic carbocycles. The number of aromatic nitrogens is 2. The van der Waals surface area contributed by atoms with Gasteiger partial charge in [0, 0.05) is 41.8 Å². The molecular formula is C22H25N3O4. The Balaban J connectivity index is 1.59. The van der Waals surface area contributed by atoms with Crippen molar-refractivity contribution in [3.63, 3.8) is 0 Å². The van der Waals surface area contributed by atoms with E-state index in [1.54, 1.807) is 39.7 Å². The summed E-state index contributed by atoms with van der Waals surface area (Å²) < 4.78 is 16.1. The average Bonchev–Trinajstić information content (AvgIpc) is 3.22. The van der Waals surface area contributed by atoms with Gasteiger partial charge in [0.1, 0.15) is 5.65 Å². The number of nitrogens with zero attached hydrogens (tertiary/aromatic N) is 2. The van der Waals surface area contributed by atoms with Crippen molar-refractivity contribution in [1.29, 1.82) is 0 Å². The maximum atomic E-state index is 13.2. The molecule has 7 nitrogen and oxygen atoms in total. The molecule has 0 radical (unpaired) electrons. The fourth-order valence-corrected chi connectivity index (χ4v) is 4.00. The molecule has 1 unspecified atom stereocenters. The van der Waals surface area contributed by atoms with E-state index in [1.807, 2.05) is 17.0 Å². The van der Waals surface area contributed by atoms with Gasteiger partial charge in [-0.1, -0.05) is 0 Å². The zero-order valence-electron chi connectivity index (χ0n) is 16.9. The van der Waals surface area contributed by atoms with Crippen molar-refractivity contribution in [2.75, 3.05) is 34.4 Å². The summed E-state index contributed by atoms with van der Waals surface area (Å²) in [4.78, 5) is 22.9. The van der Waals surface area contributed by atoms with Gasteiger partial charge in [0.2, 0.25) is 5.75 Å². The highest BCUT2D eigenvalue weighted by Crippen LogP contribution is 2.39. The molecule has 0 bridgehead atoms. The largest absolute Gasteiger partial charge is 0.493 e. The number of pyridine rings is 1. The Kier molecular flexibility index (Phi) is 5.29. The van der Waals surface area contributed by atoms with Crippen LogP contribution in [0.2, 0.25) is 0 Å². The first-order chi connectivity index (χ1) is 14.1. The summed E-state index contributed by atoms with van der Waals surface area (Å²) in [5.41, 5.74) is 2.54. The molecule has 1 saturated heterocycles. The van der Waals surface area contributed by atoms with E-state index in [-0.39, 0.29) is 11.8 Å². The van der Waals surface area contributed by atoms with Gasteiger partial charge in [-0.15, -0.1) is 0 Å². The van der Waals surface area contributed by atoms with Crippen LogP contribution in [0.1, 0.15) is 34.8 Å². The molecule has 1 N–H and O–H groups in total. The molecule has 1 aromatic carbocycles. The van der Waals surface area contributed by atoms with Gasteiger partial charge >= 0.3 is 0 Å². The van der Waals surface area contributed by atoms with Crippen LogP contribution in [0.25, 0.3) is 11.0 Å². The van der Waals surface area contributed by atoms with E-state index in [1.165, 1.54) is 0 Å². The summed E-state index contributed by atoms with van der Waals surface area (Å²) in [5, 5.41) is 1.09. The SMILES string of the molecule is COc1cc(C(=O)N2CCCC(c3cc4cccnc4[nH]3)C2)cc(OC)c1OC. The maximum Gasteiger partial charge on any atom is 0.254 e. The minimum Gasteiger partial charge on any atom is -0.493 e. The Bertz CT molecular complexity index is 972. The lowest BCUT2D eigenvalue weighted by Crippen LogP contribution is -2.39. The smallest absolute Gasteiger partial charge is 0.254 e. The van der Waals surface area contributed by atoms with Crippen molar-refractivity contribution in [2.24, 2.45) is 0 Å². The van der Waals surface area contributed by atoms with Crippen LogP contribution in [0.3, 0.4) is 0 Å². The number of carbonyl (C=O) groups excluding carboxylic acids is 1. The second kappa shape index (κ2) is 8.03. The highest BCUT2D eigenvalue weighted by atomic mass is 16.5. The first-order valence-electron chi connectivity index (χ1n) is 9.67. The Morgan fingerprint density at radius 1 is 1.14 bits per heavy atom. The minimum atomic E-state index is -0.0387. The number of piperidine rings is 1. The lowest BCUT2D eigenvalue weighted by atomic mass is 9.94. The molecule has 3 heterocycles. The summed E-state index contributed by atoms with van der Waals surface area (Å²) in [5.74, 6) is 1.65. The summed E-state index contributed by atoms with van der Waals surface area (Å²) in [6, 6.07) is 9.53. The van der Waals surface area contributed by atoms with Gasteiger partial charge in [-0.2, -0.15) is 0 Å². The summed E-state index contributed by atoms with van der Waals surface area (Å²) in [6.07, 6.45) is 3.76. The topological polar surface area (TPSA) is 76.7 Å². The summed E-state index contributed by atoms with van der Waals surface area (Å²) in [7, 11) is 4.64. The number of H-pyrrole nitrogens is 1. The van der Waals surface area contributed by atoms with Crippen LogP contribution in [0.5, 0.6) is 17.2 Å². The number of benzene rings is 1. The number of rotatable bonds is 5. The molecule has 0 saturated carbocycles. The van der Waals surface area contributed by atoms with Crippen LogP contribution in [-0.4, -0.2) is 55.2 Å². The second-order valence-corrected chi connectivity index (χ2v) is 7.17. The van der Waals surface area contributed by atoms with Gasteiger partial charge in [0.15, 0.2) is 11.5 Å². The molecule has 29 heavy (non-hydrogen) atoms. The highest BCUT2D eigenvalue weighted by molar-refractivity contribution is 5.95. The number of fused-ring (bicyclic) bond motifs is 1. The van der Waals surface area contributed by atoms with Crippen LogP contribution in [0.4, 0.5) is 0 Å². The number of hydrogen-bond donors (Lipinski definition) is 1. The number of likely N-dealkylation sites (tertiary alicyclic amines) is 1. The van der Waals surface area contributed by atoms with Crippen LogP contribution in [0, 0.1) is 0 Å². The lowest BCUT2D eigenvalue weighted by molar-refractivity contribution is 0.0705. The molecule has 0 spiro atoms. The number of ether oxygens (including phenoxy) is 3. The number of methoxy groups -OCH3 is 3. The number of nitrogens with one attached hydrogen (secondary N) is 1. The van der Waals surface area contributed by atoms with Crippen molar-refractivity contribution < 1.29 is 19.0 Å². The van der Waals surface area contributed by atoms with Gasteiger partial charge in [-0.25, -0.2) is 4.98 Å². The van der Waals surface area contributed by atoms with Gasteiger partial charge in [0.05, 0.1) is 21.3 Å². The normalized spacial score (nSPS) is 16.7. The lowest BCUT2D eigenvalue weighted by Gasteiger charge is -2.32. The zero-order valence-corrected chi connectivity index (χ0v) is 16.9. The third-order valence-corrected chi connectivity index (χ3v) is 5.47. The number of aromatic amines is 1. The van der Waals surface area contributed by atoms with E-state index >= 15 is 0 Å². The van der Waals surface area contributed by atoms with Gasteiger partial charge < -0.3 is 24.1 Å². The number of amides is 1. The Morgan fingerprint density at radius 2 is 1.90 bits per heavy atom. The van der Waals surface area contributed by atoms with Crippen molar-refractivity contribution in [2.45, 2.75) is 18.8 Å². The van der Waals surface area contributed by atoms with Crippen molar-refractivity contribution >= 4 is 16.9 Å². The average molecular weight is 395 g/mol. The molecule has 1 aliphatic heterocycles. The third-order valence-electron chi connectivity index (χ3n) is 5.47. The molecule has 7 heteroatoms. The standard InChI is InChI=1S/C22H25N3O4/c1-27-18-11-16(12-19(28-2)20(18)29-3)22(26)25-9-5-7-15(13-25)17-10-14-6-4-8-23-21(14)24-17/h4,6,8,10-12,15H,5,7,9,13H2,1-3H3,(H,23,24). The fraction of sp³-hybridized carbons (Fsp3) is 0.364. The number of hydrogen-bond acceptors (Lipinski definition) is 5. The van der Waals surface area contributed by atoms with Crippen molar-refractivity contribution in [1.82, 2.24) is 14.9 Å². The van der Waals surface area contributed by atoms with E-state index in [2.05, 4.69) is 16.0 Å². The minimum absolute atomic E-state index is 0.0387. The van der Waals surface area contributed by atoms with Crippen LogP contribution in [-0.2, 0) is 0 Å². The van der Waals surface area contributed by atoms with Gasteiger partial charge in [-0.3, -0.25) is 4.79 Å². The van der Waals surface area contributed by atoms with E-state index in [4.69, 9.17) is 14.2 Å². The molecular weight excluding hydrogens is 370 g/mol. The quantitative estimate of drug-likeness (QED) is 0.714.